The van der Waals surface area contributed by atoms with E-state index in [0.29, 0.717) is 17.0 Å². The van der Waals surface area contributed by atoms with Crippen LogP contribution in [0.3, 0.4) is 0 Å². The summed E-state index contributed by atoms with van der Waals surface area (Å²) in [6.07, 6.45) is 3.15. The Morgan fingerprint density at radius 2 is 1.93 bits per heavy atom. The number of anilines is 1. The first-order valence-corrected chi connectivity index (χ1v) is 11.2. The second-order valence-corrected chi connectivity index (χ2v) is 9.37. The van der Waals surface area contributed by atoms with Gasteiger partial charge < -0.3 is 0 Å². The Kier molecular flexibility index (Phi) is 5.15. The van der Waals surface area contributed by atoms with Crippen LogP contribution in [0.1, 0.15) is 5.56 Å². The van der Waals surface area contributed by atoms with Crippen LogP contribution in [0, 0.1) is 21.4 Å². The smallest absolute Gasteiger partial charge is 0.263 e. The van der Waals surface area contributed by atoms with Crippen LogP contribution in [0.15, 0.2) is 70.7 Å². The molecule has 3 aromatic rings. The molecule has 30 heavy (non-hydrogen) atoms. The highest BCUT2D eigenvalue weighted by Crippen LogP contribution is 2.43. The first kappa shape index (κ1) is 19.9. The van der Waals surface area contributed by atoms with E-state index in [1.54, 1.807) is 30.5 Å². The number of hydrogen-bond acceptors (Lipinski definition) is 7. The zero-order valence-electron chi connectivity index (χ0n) is 15.4. The highest BCUT2D eigenvalue weighted by Gasteiger charge is 2.32. The van der Waals surface area contributed by atoms with Gasteiger partial charge >= 0.3 is 0 Å². The minimum atomic E-state index is -4.01. The topological polar surface area (TPSA) is 117 Å². The second kappa shape index (κ2) is 7.78. The standard InChI is InChI=1S/C20H14N4O4S2/c21-11-14-4-6-15(7-5-14)18-12-22-13-19-20(18)29-9-8-23(19)30(27,28)17-3-1-2-16(10-17)24(25)26/h1-7,10,12-13H,8-9H2. The molecule has 1 aliphatic heterocycles. The van der Waals surface area contributed by atoms with Gasteiger partial charge in [0.05, 0.1) is 33.3 Å². The minimum absolute atomic E-state index is 0.140. The first-order chi connectivity index (χ1) is 14.4. The van der Waals surface area contributed by atoms with Crippen LogP contribution in [0.25, 0.3) is 11.1 Å². The first-order valence-electron chi connectivity index (χ1n) is 8.80. The van der Waals surface area contributed by atoms with Gasteiger partial charge in [-0.25, -0.2) is 8.42 Å². The van der Waals surface area contributed by atoms with Crippen molar-refractivity contribution in [2.45, 2.75) is 9.79 Å². The molecule has 0 bridgehead atoms. The zero-order valence-corrected chi connectivity index (χ0v) is 17.1. The average molecular weight is 438 g/mol. The fourth-order valence-corrected chi connectivity index (χ4v) is 5.97. The number of nitrogens with zero attached hydrogens (tertiary/aromatic N) is 4. The maximum atomic E-state index is 13.3. The Labute approximate surface area is 177 Å². The van der Waals surface area contributed by atoms with E-state index in [-0.39, 0.29) is 17.1 Å². The second-order valence-electron chi connectivity index (χ2n) is 6.40. The third-order valence-electron chi connectivity index (χ3n) is 4.63. The molecule has 0 atom stereocenters. The van der Waals surface area contributed by atoms with Crippen LogP contribution in [-0.2, 0) is 10.0 Å². The number of rotatable bonds is 4. The number of sulfonamides is 1. The summed E-state index contributed by atoms with van der Waals surface area (Å²) in [7, 11) is -4.01. The van der Waals surface area contributed by atoms with Crippen molar-refractivity contribution in [1.82, 2.24) is 4.98 Å². The predicted octanol–water partition coefficient (Wildman–Crippen LogP) is 3.83. The number of nitriles is 1. The van der Waals surface area contributed by atoms with Crippen molar-refractivity contribution in [3.63, 3.8) is 0 Å². The molecule has 0 amide bonds. The number of pyridine rings is 1. The number of aromatic nitrogens is 1. The number of non-ortho nitro benzene ring substituents is 1. The molecule has 0 fully saturated rings. The lowest BCUT2D eigenvalue weighted by molar-refractivity contribution is -0.385. The Balaban J connectivity index is 1.80. The summed E-state index contributed by atoms with van der Waals surface area (Å²) in [6.45, 7) is 0.223. The highest BCUT2D eigenvalue weighted by atomic mass is 32.2. The van der Waals surface area contributed by atoms with Gasteiger partial charge in [0.25, 0.3) is 15.7 Å². The van der Waals surface area contributed by atoms with Gasteiger partial charge in [-0.1, -0.05) is 18.2 Å². The van der Waals surface area contributed by atoms with Crippen LogP contribution < -0.4 is 4.31 Å². The predicted molar refractivity (Wildman–Crippen MR) is 113 cm³/mol. The molecule has 0 radical (unpaired) electrons. The molecule has 0 saturated carbocycles. The summed E-state index contributed by atoms with van der Waals surface area (Å²) >= 11 is 1.52. The largest absolute Gasteiger partial charge is 0.270 e. The number of benzene rings is 2. The molecule has 150 valence electrons. The maximum Gasteiger partial charge on any atom is 0.270 e. The van der Waals surface area contributed by atoms with Gasteiger partial charge in [0.2, 0.25) is 0 Å². The molecule has 8 nitrogen and oxygen atoms in total. The summed E-state index contributed by atoms with van der Waals surface area (Å²) in [5.41, 5.74) is 2.26. The number of thioether (sulfide) groups is 1. The van der Waals surface area contributed by atoms with Crippen LogP contribution in [0.4, 0.5) is 11.4 Å². The molecule has 10 heteroatoms. The molecular formula is C20H14N4O4S2. The van der Waals surface area contributed by atoms with E-state index in [0.717, 1.165) is 22.1 Å². The Bertz CT molecular complexity index is 1280. The summed E-state index contributed by atoms with van der Waals surface area (Å²) in [6, 6.07) is 14.1. The van der Waals surface area contributed by atoms with Crippen LogP contribution in [0.2, 0.25) is 0 Å². The lowest BCUT2D eigenvalue weighted by atomic mass is 10.1. The zero-order chi connectivity index (χ0) is 21.3. The summed E-state index contributed by atoms with van der Waals surface area (Å²) < 4.78 is 27.8. The fraction of sp³-hybridized carbons (Fsp3) is 0.100. The van der Waals surface area contributed by atoms with Gasteiger partial charge in [-0.05, 0) is 23.8 Å². The van der Waals surface area contributed by atoms with Gasteiger partial charge in [0, 0.05) is 41.1 Å². The van der Waals surface area contributed by atoms with E-state index in [9.17, 15) is 18.5 Å². The Hall–Kier alpha value is -3.42. The molecule has 0 saturated heterocycles. The number of nitro groups is 1. The Morgan fingerprint density at radius 3 is 2.63 bits per heavy atom. The van der Waals surface area contributed by atoms with Crippen molar-refractivity contribution >= 4 is 33.2 Å². The normalized spacial score (nSPS) is 13.4. The average Bonchev–Trinajstić information content (AvgIpc) is 2.78. The summed E-state index contributed by atoms with van der Waals surface area (Å²) in [5, 5.41) is 20.1. The third kappa shape index (κ3) is 3.49. The monoisotopic (exact) mass is 438 g/mol. The molecular weight excluding hydrogens is 424 g/mol. The quantitative estimate of drug-likeness (QED) is 0.449. The van der Waals surface area contributed by atoms with E-state index in [1.807, 2.05) is 0 Å². The fourth-order valence-electron chi connectivity index (χ4n) is 3.18. The molecule has 2 heterocycles. The van der Waals surface area contributed by atoms with Crippen molar-refractivity contribution < 1.29 is 13.3 Å². The van der Waals surface area contributed by atoms with Crippen molar-refractivity contribution in [3.8, 4) is 17.2 Å². The van der Waals surface area contributed by atoms with Gasteiger partial charge in [-0.15, -0.1) is 11.8 Å². The maximum absolute atomic E-state index is 13.3. The molecule has 0 spiro atoms. The van der Waals surface area contributed by atoms with Crippen molar-refractivity contribution in [2.75, 3.05) is 16.6 Å². The number of hydrogen-bond donors (Lipinski definition) is 0. The van der Waals surface area contributed by atoms with Crippen molar-refractivity contribution in [2.24, 2.45) is 0 Å². The molecule has 0 aliphatic carbocycles. The van der Waals surface area contributed by atoms with Gasteiger partial charge in [0.15, 0.2) is 0 Å². The summed E-state index contributed by atoms with van der Waals surface area (Å²) in [5.74, 6) is 0.522. The number of nitro benzene ring substituents is 1. The van der Waals surface area contributed by atoms with Crippen LogP contribution in [0.5, 0.6) is 0 Å². The van der Waals surface area contributed by atoms with E-state index >= 15 is 0 Å². The van der Waals surface area contributed by atoms with Crippen molar-refractivity contribution in [1.29, 1.82) is 5.26 Å². The van der Waals surface area contributed by atoms with E-state index in [2.05, 4.69) is 11.1 Å². The number of fused-ring (bicyclic) bond motifs is 1. The van der Waals surface area contributed by atoms with Crippen LogP contribution in [-0.4, -0.2) is 30.6 Å². The van der Waals surface area contributed by atoms with Crippen molar-refractivity contribution in [3.05, 3.63) is 76.6 Å². The van der Waals surface area contributed by atoms with E-state index in [4.69, 9.17) is 5.26 Å². The van der Waals surface area contributed by atoms with Gasteiger partial charge in [-0.3, -0.25) is 19.4 Å². The van der Waals surface area contributed by atoms with Gasteiger partial charge in [-0.2, -0.15) is 5.26 Å². The van der Waals surface area contributed by atoms with E-state index < -0.39 is 14.9 Å². The molecule has 1 aromatic heterocycles. The SMILES string of the molecule is N#Cc1ccc(-c2cncc3c2SCCN3S(=O)(=O)c2cccc([N+](=O)[O-])c2)cc1. The molecule has 2 aromatic carbocycles. The van der Waals surface area contributed by atoms with E-state index in [1.165, 1.54) is 40.5 Å². The Morgan fingerprint density at radius 1 is 1.17 bits per heavy atom. The molecule has 1 aliphatic rings. The van der Waals surface area contributed by atoms with Crippen LogP contribution >= 0.6 is 11.8 Å². The minimum Gasteiger partial charge on any atom is -0.263 e. The third-order valence-corrected chi connectivity index (χ3v) is 7.54. The lowest BCUT2D eigenvalue weighted by Gasteiger charge is -2.30. The molecule has 4 rings (SSSR count). The molecule has 0 N–H and O–H groups in total. The molecule has 0 unspecified atom stereocenters. The lowest BCUT2D eigenvalue weighted by Crippen LogP contribution is -2.35. The van der Waals surface area contributed by atoms with Gasteiger partial charge in [0.1, 0.15) is 0 Å². The highest BCUT2D eigenvalue weighted by molar-refractivity contribution is 8.00. The summed E-state index contributed by atoms with van der Waals surface area (Å²) in [4.78, 5) is 15.3.